The maximum atomic E-state index is 12.6. The molecule has 0 bridgehead atoms. The first-order valence-corrected chi connectivity index (χ1v) is 8.29. The van der Waals surface area contributed by atoms with Gasteiger partial charge in [0.2, 0.25) is 0 Å². The van der Waals surface area contributed by atoms with Crippen LogP contribution in [0.15, 0.2) is 28.7 Å². The normalized spacial score (nSPS) is 17.6. The molecule has 5 nitrogen and oxygen atoms in total. The summed E-state index contributed by atoms with van der Waals surface area (Å²) < 4.78 is 12.2. The van der Waals surface area contributed by atoms with Gasteiger partial charge >= 0.3 is 6.09 Å². The number of rotatable bonds is 0. The molecule has 2 heterocycles. The fourth-order valence-corrected chi connectivity index (χ4v) is 2.81. The summed E-state index contributed by atoms with van der Waals surface area (Å²) in [6, 6.07) is 7.60. The highest BCUT2D eigenvalue weighted by molar-refractivity contribution is 9.10. The third kappa shape index (κ3) is 3.27. The second kappa shape index (κ2) is 5.67. The summed E-state index contributed by atoms with van der Waals surface area (Å²) in [5.41, 5.74) is 0.235. The minimum Gasteiger partial charge on any atom is -0.488 e. The zero-order valence-electron chi connectivity index (χ0n) is 13.6. The molecule has 122 valence electrons. The van der Waals surface area contributed by atoms with Crippen molar-refractivity contribution in [1.82, 2.24) is 4.98 Å². The molecule has 1 atom stereocenters. The van der Waals surface area contributed by atoms with E-state index in [1.807, 2.05) is 52.0 Å². The summed E-state index contributed by atoms with van der Waals surface area (Å²) in [4.78, 5) is 18.8. The molecule has 23 heavy (non-hydrogen) atoms. The van der Waals surface area contributed by atoms with Crippen molar-refractivity contribution in [3.63, 3.8) is 0 Å². The fraction of sp³-hybridized carbons (Fsp3) is 0.412. The summed E-state index contributed by atoms with van der Waals surface area (Å²) in [6.45, 7) is 7.88. The van der Waals surface area contributed by atoms with Gasteiger partial charge in [0.25, 0.3) is 0 Å². The zero-order chi connectivity index (χ0) is 16.8. The van der Waals surface area contributed by atoms with E-state index in [2.05, 4.69) is 20.9 Å². The first kappa shape index (κ1) is 16.1. The van der Waals surface area contributed by atoms with E-state index in [4.69, 9.17) is 9.47 Å². The Labute approximate surface area is 143 Å². The van der Waals surface area contributed by atoms with Gasteiger partial charge in [0.05, 0.1) is 11.6 Å². The smallest absolute Gasteiger partial charge is 0.416 e. The summed E-state index contributed by atoms with van der Waals surface area (Å²) in [6.07, 6.45) is -0.406. The average molecular weight is 379 g/mol. The Kier molecular flexibility index (Phi) is 3.96. The number of fused-ring (bicyclic) bond motifs is 2. The number of benzene rings is 1. The number of hydrogen-bond donors (Lipinski definition) is 0. The van der Waals surface area contributed by atoms with Gasteiger partial charge in [0.1, 0.15) is 12.2 Å². The minimum absolute atomic E-state index is 0.144. The van der Waals surface area contributed by atoms with Crippen LogP contribution in [0.2, 0.25) is 0 Å². The van der Waals surface area contributed by atoms with Gasteiger partial charge in [-0.1, -0.05) is 22.0 Å². The molecule has 1 aromatic carbocycles. The van der Waals surface area contributed by atoms with Crippen molar-refractivity contribution in [1.29, 1.82) is 0 Å². The Morgan fingerprint density at radius 2 is 2.13 bits per heavy atom. The number of hydrogen-bond acceptors (Lipinski definition) is 4. The molecule has 6 heteroatoms. The van der Waals surface area contributed by atoms with Gasteiger partial charge in [-0.2, -0.15) is 0 Å². The number of aromatic nitrogens is 1. The van der Waals surface area contributed by atoms with Crippen molar-refractivity contribution in [3.8, 4) is 5.75 Å². The molecule has 0 saturated carbocycles. The lowest BCUT2D eigenvalue weighted by Crippen LogP contribution is -2.47. The Morgan fingerprint density at radius 1 is 1.39 bits per heavy atom. The SMILES string of the molecule is C[C@H]1COc2cc3ccc(Br)cc3nc2N1C(=O)OC(C)(C)C. The number of carbonyl (C=O) groups excluding carboxylic acids is 1. The van der Waals surface area contributed by atoms with E-state index >= 15 is 0 Å². The zero-order valence-corrected chi connectivity index (χ0v) is 15.2. The van der Waals surface area contributed by atoms with Crippen molar-refractivity contribution in [2.45, 2.75) is 39.3 Å². The molecule has 0 fully saturated rings. The Bertz CT molecular complexity index is 770. The maximum absolute atomic E-state index is 12.6. The van der Waals surface area contributed by atoms with Crippen LogP contribution in [0.4, 0.5) is 10.6 Å². The number of pyridine rings is 1. The second-order valence-electron chi connectivity index (χ2n) is 6.66. The van der Waals surface area contributed by atoms with E-state index < -0.39 is 11.7 Å². The van der Waals surface area contributed by atoms with Crippen LogP contribution in [0.5, 0.6) is 5.75 Å². The van der Waals surface area contributed by atoms with Crippen LogP contribution in [-0.2, 0) is 4.74 Å². The number of amides is 1. The van der Waals surface area contributed by atoms with E-state index in [-0.39, 0.29) is 6.04 Å². The highest BCUT2D eigenvalue weighted by Crippen LogP contribution is 2.36. The fourth-order valence-electron chi connectivity index (χ4n) is 2.46. The number of halogens is 1. The molecule has 0 N–H and O–H groups in total. The molecule has 1 aliphatic heterocycles. The van der Waals surface area contributed by atoms with Crippen molar-refractivity contribution < 1.29 is 14.3 Å². The first-order chi connectivity index (χ1) is 10.7. The number of anilines is 1. The molecule has 1 aliphatic rings. The van der Waals surface area contributed by atoms with Gasteiger partial charge in [-0.05, 0) is 45.9 Å². The van der Waals surface area contributed by atoms with E-state index in [1.54, 1.807) is 4.90 Å². The van der Waals surface area contributed by atoms with Gasteiger partial charge in [-0.25, -0.2) is 9.78 Å². The maximum Gasteiger partial charge on any atom is 0.416 e. The monoisotopic (exact) mass is 378 g/mol. The molecule has 2 aromatic rings. The lowest BCUT2D eigenvalue weighted by Gasteiger charge is -2.35. The summed E-state index contributed by atoms with van der Waals surface area (Å²) in [5.74, 6) is 1.10. The minimum atomic E-state index is -0.560. The molecule has 0 unspecified atom stereocenters. The highest BCUT2D eigenvalue weighted by atomic mass is 79.9. The molecule has 0 aliphatic carbocycles. The molecule has 0 radical (unpaired) electrons. The van der Waals surface area contributed by atoms with Crippen molar-refractivity contribution in [2.75, 3.05) is 11.5 Å². The van der Waals surface area contributed by atoms with Crippen LogP contribution in [0.3, 0.4) is 0 Å². The Hall–Kier alpha value is -1.82. The first-order valence-electron chi connectivity index (χ1n) is 7.50. The van der Waals surface area contributed by atoms with E-state index in [9.17, 15) is 4.79 Å². The molecule has 0 saturated heterocycles. The average Bonchev–Trinajstić information content (AvgIpc) is 2.43. The summed E-state index contributed by atoms with van der Waals surface area (Å²) in [7, 11) is 0. The van der Waals surface area contributed by atoms with Crippen LogP contribution in [0, 0.1) is 0 Å². The third-order valence-electron chi connectivity index (χ3n) is 3.47. The van der Waals surface area contributed by atoms with Crippen molar-refractivity contribution in [2.24, 2.45) is 0 Å². The molecule has 1 aromatic heterocycles. The van der Waals surface area contributed by atoms with Crippen LogP contribution < -0.4 is 9.64 Å². The molecule has 3 rings (SSSR count). The third-order valence-corrected chi connectivity index (χ3v) is 3.96. The van der Waals surface area contributed by atoms with Crippen molar-refractivity contribution >= 4 is 38.7 Å². The van der Waals surface area contributed by atoms with Crippen molar-refractivity contribution in [3.05, 3.63) is 28.7 Å². The topological polar surface area (TPSA) is 51.7 Å². The molecular formula is C17H19BrN2O3. The standard InChI is InChI=1S/C17H19BrN2O3/c1-10-9-22-14-7-11-5-6-12(18)8-13(11)19-15(14)20(10)16(21)23-17(2,3)4/h5-8,10H,9H2,1-4H3/t10-/m0/s1. The van der Waals surface area contributed by atoms with Crippen LogP contribution in [0.25, 0.3) is 10.9 Å². The van der Waals surface area contributed by atoms with Gasteiger partial charge in [-0.3, -0.25) is 4.90 Å². The predicted molar refractivity (Wildman–Crippen MR) is 93.1 cm³/mol. The quantitative estimate of drug-likeness (QED) is 0.676. The number of nitrogens with zero attached hydrogens (tertiary/aromatic N) is 2. The lowest BCUT2D eigenvalue weighted by molar-refractivity contribution is 0.0546. The van der Waals surface area contributed by atoms with E-state index in [0.717, 1.165) is 15.4 Å². The second-order valence-corrected chi connectivity index (χ2v) is 7.57. The summed E-state index contributed by atoms with van der Waals surface area (Å²) in [5, 5.41) is 0.964. The lowest BCUT2D eigenvalue weighted by atomic mass is 10.1. The number of carbonyl (C=O) groups is 1. The molecule has 1 amide bonds. The van der Waals surface area contributed by atoms with Crippen LogP contribution >= 0.6 is 15.9 Å². The van der Waals surface area contributed by atoms with Gasteiger partial charge in [-0.15, -0.1) is 0 Å². The van der Waals surface area contributed by atoms with E-state index in [0.29, 0.717) is 18.2 Å². The molecular weight excluding hydrogens is 360 g/mol. The molecule has 0 spiro atoms. The number of ether oxygens (including phenoxy) is 2. The summed E-state index contributed by atoms with van der Waals surface area (Å²) >= 11 is 3.45. The van der Waals surface area contributed by atoms with Crippen LogP contribution in [0.1, 0.15) is 27.7 Å². The van der Waals surface area contributed by atoms with Gasteiger partial charge < -0.3 is 9.47 Å². The van der Waals surface area contributed by atoms with E-state index in [1.165, 1.54) is 0 Å². The largest absolute Gasteiger partial charge is 0.488 e. The van der Waals surface area contributed by atoms with Gasteiger partial charge in [0, 0.05) is 9.86 Å². The van der Waals surface area contributed by atoms with Crippen LogP contribution in [-0.4, -0.2) is 29.3 Å². The van der Waals surface area contributed by atoms with Gasteiger partial charge in [0.15, 0.2) is 11.6 Å². The predicted octanol–water partition coefficient (Wildman–Crippen LogP) is 4.52. The Balaban J connectivity index is 2.08. The Morgan fingerprint density at radius 3 is 2.83 bits per heavy atom. The highest BCUT2D eigenvalue weighted by Gasteiger charge is 2.34.